The summed E-state index contributed by atoms with van der Waals surface area (Å²) in [4.78, 5) is 0. The molecular formula is C11H11FN2. The number of hydrogen-bond donors (Lipinski definition) is 1. The molecule has 0 spiro atoms. The van der Waals surface area contributed by atoms with E-state index in [0.29, 0.717) is 17.3 Å². The summed E-state index contributed by atoms with van der Waals surface area (Å²) in [5.41, 5.74) is 1.08. The molecule has 2 rings (SSSR count). The first-order valence-corrected chi connectivity index (χ1v) is 4.75. The highest BCUT2D eigenvalue weighted by atomic mass is 19.1. The number of hydrogen-bond acceptors (Lipinski definition) is 2. The molecule has 3 heteroatoms. The Bertz CT molecular complexity index is 377. The highest BCUT2D eigenvalue weighted by Gasteiger charge is 2.17. The number of halogens is 1. The molecule has 0 aliphatic heterocycles. The molecule has 1 saturated carbocycles. The second-order valence-corrected chi connectivity index (χ2v) is 3.61. The van der Waals surface area contributed by atoms with Crippen LogP contribution >= 0.6 is 0 Å². The van der Waals surface area contributed by atoms with Gasteiger partial charge in [0.1, 0.15) is 5.82 Å². The minimum Gasteiger partial charge on any atom is -0.382 e. The predicted molar refractivity (Wildman–Crippen MR) is 52.4 cm³/mol. The number of anilines is 1. The third-order valence-corrected chi connectivity index (χ3v) is 2.50. The monoisotopic (exact) mass is 190 g/mol. The molecule has 2 nitrogen and oxygen atoms in total. The van der Waals surface area contributed by atoms with Crippen molar-refractivity contribution in [3.63, 3.8) is 0 Å². The number of nitriles is 1. The third-order valence-electron chi connectivity index (χ3n) is 2.50. The smallest absolute Gasteiger partial charge is 0.126 e. The minimum atomic E-state index is -0.356. The first-order chi connectivity index (χ1) is 6.78. The Kier molecular flexibility index (Phi) is 2.36. The van der Waals surface area contributed by atoms with Gasteiger partial charge in [-0.1, -0.05) is 0 Å². The molecular weight excluding hydrogens is 179 g/mol. The summed E-state index contributed by atoms with van der Waals surface area (Å²) in [7, 11) is 0. The summed E-state index contributed by atoms with van der Waals surface area (Å²) in [6, 6.07) is 6.75. The van der Waals surface area contributed by atoms with Gasteiger partial charge in [-0.15, -0.1) is 0 Å². The molecule has 1 aliphatic rings. The highest BCUT2D eigenvalue weighted by Crippen LogP contribution is 2.24. The van der Waals surface area contributed by atoms with Crippen molar-refractivity contribution in [1.82, 2.24) is 0 Å². The fourth-order valence-corrected chi connectivity index (χ4v) is 1.53. The zero-order valence-corrected chi connectivity index (χ0v) is 7.76. The molecule has 0 aromatic heterocycles. The van der Waals surface area contributed by atoms with Crippen LogP contribution in [0.4, 0.5) is 10.1 Å². The van der Waals surface area contributed by atoms with Gasteiger partial charge in [0.2, 0.25) is 0 Å². The average molecular weight is 190 g/mol. The van der Waals surface area contributed by atoms with Crippen molar-refractivity contribution in [2.24, 2.45) is 0 Å². The summed E-state index contributed by atoms with van der Waals surface area (Å²) >= 11 is 0. The van der Waals surface area contributed by atoms with Crippen LogP contribution < -0.4 is 5.32 Å². The quantitative estimate of drug-likeness (QED) is 0.778. The van der Waals surface area contributed by atoms with Gasteiger partial charge in [-0.3, -0.25) is 0 Å². The highest BCUT2D eigenvalue weighted by molar-refractivity contribution is 5.50. The van der Waals surface area contributed by atoms with Crippen molar-refractivity contribution in [1.29, 1.82) is 5.26 Å². The largest absolute Gasteiger partial charge is 0.382 e. The molecule has 0 heterocycles. The van der Waals surface area contributed by atoms with Gasteiger partial charge in [-0.2, -0.15) is 5.26 Å². The molecule has 1 aromatic rings. The van der Waals surface area contributed by atoms with Crippen LogP contribution in [0, 0.1) is 17.1 Å². The van der Waals surface area contributed by atoms with Gasteiger partial charge in [-0.25, -0.2) is 4.39 Å². The topological polar surface area (TPSA) is 35.8 Å². The van der Waals surface area contributed by atoms with Crippen molar-refractivity contribution in [2.75, 3.05) is 5.32 Å². The number of benzene rings is 1. The van der Waals surface area contributed by atoms with Gasteiger partial charge in [0.25, 0.3) is 0 Å². The second-order valence-electron chi connectivity index (χ2n) is 3.61. The van der Waals surface area contributed by atoms with Crippen molar-refractivity contribution in [3.8, 4) is 6.07 Å². The van der Waals surface area contributed by atoms with E-state index in [0.717, 1.165) is 12.8 Å². The lowest BCUT2D eigenvalue weighted by Crippen LogP contribution is -2.26. The molecule has 0 unspecified atom stereocenters. The van der Waals surface area contributed by atoms with Crippen molar-refractivity contribution >= 4 is 5.69 Å². The Morgan fingerprint density at radius 2 is 2.14 bits per heavy atom. The number of rotatable bonds is 2. The van der Waals surface area contributed by atoms with E-state index < -0.39 is 0 Å². The molecule has 1 N–H and O–H groups in total. The summed E-state index contributed by atoms with van der Waals surface area (Å²) in [6.45, 7) is 0. The maximum absolute atomic E-state index is 13.0. The lowest BCUT2D eigenvalue weighted by Gasteiger charge is -2.27. The molecule has 1 aromatic carbocycles. The molecule has 1 fully saturated rings. The van der Waals surface area contributed by atoms with Crippen LogP contribution in [-0.4, -0.2) is 6.04 Å². The van der Waals surface area contributed by atoms with E-state index in [9.17, 15) is 4.39 Å². The Morgan fingerprint density at radius 3 is 2.71 bits per heavy atom. The van der Waals surface area contributed by atoms with E-state index >= 15 is 0 Å². The Labute approximate surface area is 82.4 Å². The lowest BCUT2D eigenvalue weighted by molar-refractivity contribution is 0.445. The fraction of sp³-hybridized carbons (Fsp3) is 0.364. The van der Waals surface area contributed by atoms with Crippen LogP contribution in [0.15, 0.2) is 18.2 Å². The molecule has 0 atom stereocenters. The van der Waals surface area contributed by atoms with Crippen molar-refractivity contribution in [2.45, 2.75) is 25.3 Å². The predicted octanol–water partition coefficient (Wildman–Crippen LogP) is 2.66. The first-order valence-electron chi connectivity index (χ1n) is 4.75. The van der Waals surface area contributed by atoms with Crippen LogP contribution in [-0.2, 0) is 0 Å². The van der Waals surface area contributed by atoms with Gasteiger partial charge in [0.05, 0.1) is 11.6 Å². The van der Waals surface area contributed by atoms with Gasteiger partial charge in [0, 0.05) is 11.7 Å². The van der Waals surface area contributed by atoms with E-state index in [1.54, 1.807) is 6.07 Å². The van der Waals surface area contributed by atoms with Crippen LogP contribution in [0.3, 0.4) is 0 Å². The first kappa shape index (κ1) is 9.01. The number of nitrogens with zero attached hydrogens (tertiary/aromatic N) is 1. The molecule has 0 bridgehead atoms. The Hall–Kier alpha value is -1.56. The normalized spacial score (nSPS) is 15.7. The van der Waals surface area contributed by atoms with E-state index in [4.69, 9.17) is 5.26 Å². The average Bonchev–Trinajstić information content (AvgIpc) is 2.10. The molecule has 0 radical (unpaired) electrons. The zero-order chi connectivity index (χ0) is 9.97. The third kappa shape index (κ3) is 1.85. The van der Waals surface area contributed by atoms with E-state index in [1.165, 1.54) is 18.6 Å². The SMILES string of the molecule is N#Cc1cc(F)cc(NC2CCC2)c1. The summed E-state index contributed by atoms with van der Waals surface area (Å²) in [5, 5.41) is 11.9. The summed E-state index contributed by atoms with van der Waals surface area (Å²) < 4.78 is 13.0. The lowest BCUT2D eigenvalue weighted by atomic mass is 9.93. The maximum atomic E-state index is 13.0. The summed E-state index contributed by atoms with van der Waals surface area (Å²) in [6.07, 6.45) is 3.51. The van der Waals surface area contributed by atoms with E-state index in [-0.39, 0.29) is 5.82 Å². The Balaban J connectivity index is 2.16. The zero-order valence-electron chi connectivity index (χ0n) is 7.76. The molecule has 0 amide bonds. The maximum Gasteiger partial charge on any atom is 0.126 e. The van der Waals surface area contributed by atoms with Crippen LogP contribution in [0.2, 0.25) is 0 Å². The van der Waals surface area contributed by atoms with Gasteiger partial charge < -0.3 is 5.32 Å². The molecule has 0 saturated heterocycles. The van der Waals surface area contributed by atoms with Gasteiger partial charge in [-0.05, 0) is 37.5 Å². The Morgan fingerprint density at radius 1 is 1.36 bits per heavy atom. The molecule has 14 heavy (non-hydrogen) atoms. The van der Waals surface area contributed by atoms with Crippen molar-refractivity contribution < 1.29 is 4.39 Å². The summed E-state index contributed by atoms with van der Waals surface area (Å²) in [5.74, 6) is -0.356. The molecule has 1 aliphatic carbocycles. The van der Waals surface area contributed by atoms with Crippen molar-refractivity contribution in [3.05, 3.63) is 29.6 Å². The van der Waals surface area contributed by atoms with Gasteiger partial charge >= 0.3 is 0 Å². The second kappa shape index (κ2) is 3.67. The minimum absolute atomic E-state index is 0.356. The van der Waals surface area contributed by atoms with Crippen LogP contribution in [0.5, 0.6) is 0 Å². The van der Waals surface area contributed by atoms with Crippen LogP contribution in [0.1, 0.15) is 24.8 Å². The van der Waals surface area contributed by atoms with Crippen LogP contribution in [0.25, 0.3) is 0 Å². The fourth-order valence-electron chi connectivity index (χ4n) is 1.53. The van der Waals surface area contributed by atoms with E-state index in [2.05, 4.69) is 5.32 Å². The van der Waals surface area contributed by atoms with E-state index in [1.807, 2.05) is 6.07 Å². The molecule has 72 valence electrons. The van der Waals surface area contributed by atoms with Gasteiger partial charge in [0.15, 0.2) is 0 Å². The number of nitrogens with one attached hydrogen (secondary N) is 1. The standard InChI is InChI=1S/C11H11FN2/c12-9-4-8(7-13)5-11(6-9)14-10-2-1-3-10/h4-6,10,14H,1-3H2.